The van der Waals surface area contributed by atoms with E-state index in [9.17, 15) is 4.79 Å². The highest BCUT2D eigenvalue weighted by Gasteiger charge is 2.13. The molecule has 0 aliphatic carbocycles. The average molecular weight is 393 g/mol. The Hall–Kier alpha value is -2.99. The van der Waals surface area contributed by atoms with Gasteiger partial charge in [-0.05, 0) is 51.3 Å². The Labute approximate surface area is 152 Å². The second-order valence-corrected chi connectivity index (χ2v) is 6.33. The van der Waals surface area contributed by atoms with E-state index >= 15 is 0 Å². The molecule has 5 nitrogen and oxygen atoms in total. The summed E-state index contributed by atoms with van der Waals surface area (Å²) in [6.07, 6.45) is 4.90. The zero-order valence-corrected chi connectivity index (χ0v) is 14.6. The van der Waals surface area contributed by atoms with E-state index in [0.717, 1.165) is 21.1 Å². The first-order valence-electron chi connectivity index (χ1n) is 7.66. The standard InChI is InChI=1S/C19H13BrN4O/c20-16-12-22-24-17(16)10-15(13-4-2-1-3-5-13)11-18(24)23-19(25)14-6-8-21-9-7-14/h1-12H,(H,23,25). The number of carbonyl (C=O) groups is 1. The minimum absolute atomic E-state index is 0.208. The molecule has 1 N–H and O–H groups in total. The van der Waals surface area contributed by atoms with Gasteiger partial charge in [-0.2, -0.15) is 5.10 Å². The molecule has 0 unspecified atom stereocenters. The van der Waals surface area contributed by atoms with Gasteiger partial charge in [-0.15, -0.1) is 0 Å². The van der Waals surface area contributed by atoms with E-state index in [4.69, 9.17) is 0 Å². The molecule has 0 aliphatic heterocycles. The van der Waals surface area contributed by atoms with Gasteiger partial charge >= 0.3 is 0 Å². The van der Waals surface area contributed by atoms with Crippen LogP contribution in [0.2, 0.25) is 0 Å². The predicted octanol–water partition coefficient (Wildman–Crippen LogP) is 4.41. The Morgan fingerprint density at radius 3 is 2.52 bits per heavy atom. The number of nitrogens with one attached hydrogen (secondary N) is 1. The van der Waals surface area contributed by atoms with Crippen molar-refractivity contribution in [2.75, 3.05) is 5.32 Å². The van der Waals surface area contributed by atoms with Crippen molar-refractivity contribution < 1.29 is 4.79 Å². The van der Waals surface area contributed by atoms with E-state index in [1.165, 1.54) is 0 Å². The van der Waals surface area contributed by atoms with Crippen LogP contribution in [0.4, 0.5) is 5.82 Å². The summed E-state index contributed by atoms with van der Waals surface area (Å²) >= 11 is 3.51. The number of carbonyl (C=O) groups excluding carboxylic acids is 1. The molecule has 0 aliphatic rings. The molecule has 3 aromatic heterocycles. The van der Waals surface area contributed by atoms with Crippen LogP contribution in [-0.2, 0) is 0 Å². The third-order valence-electron chi connectivity index (χ3n) is 3.86. The highest BCUT2D eigenvalue weighted by atomic mass is 79.9. The molecular weight excluding hydrogens is 380 g/mol. The monoisotopic (exact) mass is 392 g/mol. The van der Waals surface area contributed by atoms with Crippen LogP contribution in [0.25, 0.3) is 16.6 Å². The van der Waals surface area contributed by atoms with Gasteiger partial charge in [0.2, 0.25) is 0 Å². The second-order valence-electron chi connectivity index (χ2n) is 5.47. The Kier molecular flexibility index (Phi) is 4.03. The predicted molar refractivity (Wildman–Crippen MR) is 101 cm³/mol. The Morgan fingerprint density at radius 1 is 1.00 bits per heavy atom. The number of amides is 1. The first-order valence-corrected chi connectivity index (χ1v) is 8.46. The molecule has 3 heterocycles. The van der Waals surface area contributed by atoms with Gasteiger partial charge in [-0.1, -0.05) is 30.3 Å². The van der Waals surface area contributed by atoms with E-state index in [2.05, 4.69) is 31.3 Å². The van der Waals surface area contributed by atoms with Gasteiger partial charge in [0.15, 0.2) is 0 Å². The van der Waals surface area contributed by atoms with Crippen LogP contribution >= 0.6 is 15.9 Å². The number of nitrogens with zero attached hydrogens (tertiary/aromatic N) is 3. The van der Waals surface area contributed by atoms with E-state index in [1.807, 2.05) is 42.5 Å². The first-order chi connectivity index (χ1) is 12.2. The molecule has 1 amide bonds. The fraction of sp³-hybridized carbons (Fsp3) is 0. The number of hydrogen-bond acceptors (Lipinski definition) is 3. The molecule has 0 saturated heterocycles. The lowest BCUT2D eigenvalue weighted by atomic mass is 10.1. The molecule has 122 valence electrons. The van der Waals surface area contributed by atoms with Crippen molar-refractivity contribution in [3.63, 3.8) is 0 Å². The van der Waals surface area contributed by atoms with Crippen molar-refractivity contribution in [3.05, 3.63) is 83.2 Å². The van der Waals surface area contributed by atoms with Crippen molar-refractivity contribution in [1.82, 2.24) is 14.6 Å². The number of aromatic nitrogens is 3. The van der Waals surface area contributed by atoms with Crippen molar-refractivity contribution in [2.24, 2.45) is 0 Å². The summed E-state index contributed by atoms with van der Waals surface area (Å²) in [4.78, 5) is 16.5. The number of hydrogen-bond donors (Lipinski definition) is 1. The zero-order chi connectivity index (χ0) is 17.2. The summed E-state index contributed by atoms with van der Waals surface area (Å²) in [7, 11) is 0. The van der Waals surface area contributed by atoms with Gasteiger partial charge in [-0.25, -0.2) is 4.52 Å². The van der Waals surface area contributed by atoms with E-state index in [0.29, 0.717) is 11.4 Å². The molecule has 4 rings (SSSR count). The molecule has 0 spiro atoms. The summed E-state index contributed by atoms with van der Waals surface area (Å²) in [5.74, 6) is 0.393. The van der Waals surface area contributed by atoms with Crippen LogP contribution in [0, 0.1) is 0 Å². The molecule has 1 aromatic carbocycles. The summed E-state index contributed by atoms with van der Waals surface area (Å²) in [6, 6.07) is 17.3. The highest BCUT2D eigenvalue weighted by molar-refractivity contribution is 9.10. The van der Waals surface area contributed by atoms with Crippen LogP contribution < -0.4 is 5.32 Å². The van der Waals surface area contributed by atoms with Crippen LogP contribution in [0.3, 0.4) is 0 Å². The summed E-state index contributed by atoms with van der Waals surface area (Å²) in [5.41, 5.74) is 3.49. The first kappa shape index (κ1) is 15.5. The largest absolute Gasteiger partial charge is 0.306 e. The Balaban J connectivity index is 1.81. The molecular formula is C19H13BrN4O. The third-order valence-corrected chi connectivity index (χ3v) is 4.47. The average Bonchev–Trinajstić information content (AvgIpc) is 3.04. The van der Waals surface area contributed by atoms with E-state index in [1.54, 1.807) is 35.2 Å². The van der Waals surface area contributed by atoms with Gasteiger partial charge in [-0.3, -0.25) is 9.78 Å². The number of fused-ring (bicyclic) bond motifs is 1. The van der Waals surface area contributed by atoms with Crippen molar-refractivity contribution in [1.29, 1.82) is 0 Å². The third kappa shape index (κ3) is 3.04. The maximum absolute atomic E-state index is 12.5. The van der Waals surface area contributed by atoms with Gasteiger partial charge in [0, 0.05) is 18.0 Å². The minimum Gasteiger partial charge on any atom is -0.306 e. The van der Waals surface area contributed by atoms with Crippen molar-refractivity contribution >= 4 is 33.2 Å². The summed E-state index contributed by atoms with van der Waals surface area (Å²) < 4.78 is 2.57. The Morgan fingerprint density at radius 2 is 1.76 bits per heavy atom. The molecule has 0 bridgehead atoms. The number of halogens is 1. The zero-order valence-electron chi connectivity index (χ0n) is 13.1. The fourth-order valence-corrected chi connectivity index (χ4v) is 3.01. The normalized spacial score (nSPS) is 10.8. The lowest BCUT2D eigenvalue weighted by Crippen LogP contribution is -2.15. The topological polar surface area (TPSA) is 59.3 Å². The van der Waals surface area contributed by atoms with Crippen molar-refractivity contribution in [2.45, 2.75) is 0 Å². The Bertz CT molecular complexity index is 1050. The van der Waals surface area contributed by atoms with Crippen molar-refractivity contribution in [3.8, 4) is 11.1 Å². The number of benzene rings is 1. The van der Waals surface area contributed by atoms with E-state index in [-0.39, 0.29) is 5.91 Å². The van der Waals surface area contributed by atoms with Gasteiger partial charge in [0.1, 0.15) is 5.82 Å². The van der Waals surface area contributed by atoms with Gasteiger partial charge in [0.25, 0.3) is 5.91 Å². The second kappa shape index (κ2) is 6.49. The molecule has 0 fully saturated rings. The summed E-state index contributed by atoms with van der Waals surface area (Å²) in [6.45, 7) is 0. The highest BCUT2D eigenvalue weighted by Crippen LogP contribution is 2.29. The smallest absolute Gasteiger partial charge is 0.256 e. The van der Waals surface area contributed by atoms with Crippen LogP contribution in [-0.4, -0.2) is 20.5 Å². The fourth-order valence-electron chi connectivity index (χ4n) is 2.64. The summed E-state index contributed by atoms with van der Waals surface area (Å²) in [5, 5.41) is 7.28. The van der Waals surface area contributed by atoms with Crippen LogP contribution in [0.5, 0.6) is 0 Å². The lowest BCUT2D eigenvalue weighted by molar-refractivity contribution is 0.102. The number of anilines is 1. The quantitative estimate of drug-likeness (QED) is 0.561. The lowest BCUT2D eigenvalue weighted by Gasteiger charge is -2.11. The van der Waals surface area contributed by atoms with Crippen LogP contribution in [0.1, 0.15) is 10.4 Å². The van der Waals surface area contributed by atoms with Gasteiger partial charge < -0.3 is 5.32 Å². The maximum atomic E-state index is 12.5. The minimum atomic E-state index is -0.208. The molecule has 4 aromatic rings. The SMILES string of the molecule is O=C(Nc1cc(-c2ccccc2)cc2c(Br)cnn12)c1ccncc1. The molecule has 0 saturated carbocycles. The van der Waals surface area contributed by atoms with Gasteiger partial charge in [0.05, 0.1) is 16.2 Å². The molecule has 0 radical (unpaired) electrons. The van der Waals surface area contributed by atoms with E-state index < -0.39 is 0 Å². The number of rotatable bonds is 3. The molecule has 6 heteroatoms. The van der Waals surface area contributed by atoms with Crippen LogP contribution in [0.15, 0.2) is 77.7 Å². The maximum Gasteiger partial charge on any atom is 0.256 e. The molecule has 25 heavy (non-hydrogen) atoms. The number of pyridine rings is 2. The molecule has 0 atom stereocenters.